The van der Waals surface area contributed by atoms with Gasteiger partial charge in [0.2, 0.25) is 0 Å². The van der Waals surface area contributed by atoms with Gasteiger partial charge >= 0.3 is 12.1 Å². The van der Waals surface area contributed by atoms with Gasteiger partial charge in [0.15, 0.2) is 0 Å². The minimum Gasteiger partial charge on any atom is -0.496 e. The van der Waals surface area contributed by atoms with Crippen molar-refractivity contribution in [3.05, 3.63) is 65.2 Å². The van der Waals surface area contributed by atoms with Gasteiger partial charge in [-0.05, 0) is 43.1 Å². The van der Waals surface area contributed by atoms with Crippen molar-refractivity contribution in [2.75, 3.05) is 13.7 Å². The van der Waals surface area contributed by atoms with E-state index in [2.05, 4.69) is 10.6 Å². The van der Waals surface area contributed by atoms with Gasteiger partial charge in [0, 0.05) is 29.8 Å². The second-order valence-electron chi connectivity index (χ2n) is 7.07. The molecule has 0 unspecified atom stereocenters. The van der Waals surface area contributed by atoms with Crippen LogP contribution in [0.25, 0.3) is 0 Å². The minimum absolute atomic E-state index is 0.00244. The van der Waals surface area contributed by atoms with Crippen molar-refractivity contribution in [3.8, 4) is 5.75 Å². The van der Waals surface area contributed by atoms with Crippen LogP contribution in [0.1, 0.15) is 35.6 Å². The van der Waals surface area contributed by atoms with E-state index in [0.29, 0.717) is 0 Å². The largest absolute Gasteiger partial charge is 0.496 e. The molecule has 0 radical (unpaired) electrons. The Morgan fingerprint density at radius 3 is 2.45 bits per heavy atom. The van der Waals surface area contributed by atoms with E-state index in [1.807, 2.05) is 30.3 Å². The number of piperidine rings is 1. The Kier molecular flexibility index (Phi) is 6.43. The van der Waals surface area contributed by atoms with E-state index >= 15 is 0 Å². The van der Waals surface area contributed by atoms with Gasteiger partial charge in [-0.1, -0.05) is 30.3 Å². The van der Waals surface area contributed by atoms with Crippen LogP contribution in [0.4, 0.5) is 22.0 Å². The molecule has 2 aromatic carbocycles. The molecular formula is C21H23F5N2O. The van der Waals surface area contributed by atoms with Crippen LogP contribution >= 0.6 is 0 Å². The number of hydrogen-bond acceptors (Lipinski definition) is 3. The zero-order chi connectivity index (χ0) is 21.1. The van der Waals surface area contributed by atoms with Crippen molar-refractivity contribution >= 4 is 0 Å². The molecule has 1 saturated heterocycles. The third-order valence-corrected chi connectivity index (χ3v) is 5.17. The molecule has 3 nitrogen and oxygen atoms in total. The molecule has 0 spiro atoms. The molecule has 1 heterocycles. The first-order valence-electron chi connectivity index (χ1n) is 9.37. The van der Waals surface area contributed by atoms with E-state index in [1.165, 1.54) is 7.11 Å². The lowest BCUT2D eigenvalue weighted by Gasteiger charge is -2.34. The Bertz CT molecular complexity index is 810. The van der Waals surface area contributed by atoms with E-state index in [4.69, 9.17) is 4.74 Å². The summed E-state index contributed by atoms with van der Waals surface area (Å²) in [7, 11) is 1.36. The van der Waals surface area contributed by atoms with Crippen molar-refractivity contribution in [3.63, 3.8) is 0 Å². The Morgan fingerprint density at radius 2 is 1.79 bits per heavy atom. The number of benzene rings is 2. The zero-order valence-electron chi connectivity index (χ0n) is 15.9. The average molecular weight is 414 g/mol. The summed E-state index contributed by atoms with van der Waals surface area (Å²) >= 11 is 0. The monoisotopic (exact) mass is 414 g/mol. The van der Waals surface area contributed by atoms with Crippen molar-refractivity contribution in [1.82, 2.24) is 10.6 Å². The standard InChI is InChI=1S/C21H23F5N2O/c1-29-18-10-9-16(20(22,23)21(24,25)26)12-15(18)13-28-17-8-5-11-27-19(17)14-6-3-2-4-7-14/h2-4,6-7,9-10,12,17,19,27-28H,5,8,11,13H2,1H3/t17-,19-/m0/s1. The van der Waals surface area contributed by atoms with Crippen LogP contribution in [-0.4, -0.2) is 25.9 Å². The first-order chi connectivity index (χ1) is 13.7. The highest BCUT2D eigenvalue weighted by atomic mass is 19.4. The number of alkyl halides is 5. The molecule has 1 fully saturated rings. The molecule has 1 aliphatic rings. The quantitative estimate of drug-likeness (QED) is 0.658. The summed E-state index contributed by atoms with van der Waals surface area (Å²) in [5.41, 5.74) is 0.254. The Morgan fingerprint density at radius 1 is 1.07 bits per heavy atom. The second kappa shape index (κ2) is 8.67. The SMILES string of the molecule is COc1ccc(C(F)(F)C(F)(F)F)cc1CN[C@H]1CCCN[C@H]1c1ccccc1. The van der Waals surface area contributed by atoms with Crippen LogP contribution in [0.5, 0.6) is 5.75 Å². The summed E-state index contributed by atoms with van der Waals surface area (Å²) in [4.78, 5) is 0. The Balaban J connectivity index is 1.81. The summed E-state index contributed by atoms with van der Waals surface area (Å²) in [6.45, 7) is 0.967. The number of hydrogen-bond donors (Lipinski definition) is 2. The molecule has 0 aliphatic carbocycles. The normalized spacial score (nSPS) is 20.5. The summed E-state index contributed by atoms with van der Waals surface area (Å²) < 4.78 is 70.9. The smallest absolute Gasteiger partial charge is 0.458 e. The fourth-order valence-corrected chi connectivity index (χ4v) is 3.64. The van der Waals surface area contributed by atoms with E-state index in [0.717, 1.165) is 43.1 Å². The van der Waals surface area contributed by atoms with Gasteiger partial charge in [0.25, 0.3) is 0 Å². The van der Waals surface area contributed by atoms with Gasteiger partial charge in [0.1, 0.15) is 5.75 Å². The molecule has 29 heavy (non-hydrogen) atoms. The third-order valence-electron chi connectivity index (χ3n) is 5.17. The number of rotatable bonds is 6. The molecule has 2 atom stereocenters. The summed E-state index contributed by atoms with van der Waals surface area (Å²) in [5, 5.41) is 6.75. The van der Waals surface area contributed by atoms with Crippen LogP contribution in [0.15, 0.2) is 48.5 Å². The molecule has 1 aliphatic heterocycles. The minimum atomic E-state index is -5.65. The van der Waals surface area contributed by atoms with Crippen molar-refractivity contribution in [1.29, 1.82) is 0 Å². The maximum Gasteiger partial charge on any atom is 0.458 e. The molecule has 2 aromatic rings. The average Bonchev–Trinajstić information content (AvgIpc) is 2.72. The highest BCUT2D eigenvalue weighted by Gasteiger charge is 2.58. The lowest BCUT2D eigenvalue weighted by atomic mass is 9.92. The first-order valence-corrected chi connectivity index (χ1v) is 9.37. The predicted octanol–water partition coefficient (Wildman–Crippen LogP) is 4.93. The molecule has 0 aromatic heterocycles. The topological polar surface area (TPSA) is 33.3 Å². The van der Waals surface area contributed by atoms with Crippen molar-refractivity contribution in [2.24, 2.45) is 0 Å². The molecule has 2 N–H and O–H groups in total. The Labute approximate surface area is 166 Å². The highest BCUT2D eigenvalue weighted by Crippen LogP contribution is 2.44. The molecule has 158 valence electrons. The lowest BCUT2D eigenvalue weighted by Crippen LogP contribution is -2.45. The fraction of sp³-hybridized carbons (Fsp3) is 0.429. The van der Waals surface area contributed by atoms with Crippen LogP contribution < -0.4 is 15.4 Å². The maximum absolute atomic E-state index is 13.8. The number of halogens is 5. The van der Waals surface area contributed by atoms with Crippen molar-refractivity contribution < 1.29 is 26.7 Å². The van der Waals surface area contributed by atoms with Gasteiger partial charge in [-0.2, -0.15) is 22.0 Å². The highest BCUT2D eigenvalue weighted by molar-refractivity contribution is 5.39. The van der Waals surface area contributed by atoms with Crippen LogP contribution in [0.3, 0.4) is 0 Å². The number of nitrogens with one attached hydrogen (secondary N) is 2. The fourth-order valence-electron chi connectivity index (χ4n) is 3.64. The van der Waals surface area contributed by atoms with E-state index in [-0.39, 0.29) is 29.9 Å². The number of ether oxygens (including phenoxy) is 1. The lowest BCUT2D eigenvalue weighted by molar-refractivity contribution is -0.289. The third kappa shape index (κ3) is 4.70. The first kappa shape index (κ1) is 21.5. The second-order valence-corrected chi connectivity index (χ2v) is 7.07. The zero-order valence-corrected chi connectivity index (χ0v) is 15.9. The molecular weight excluding hydrogens is 391 g/mol. The maximum atomic E-state index is 13.8. The Hall–Kier alpha value is -2.19. The van der Waals surface area contributed by atoms with Crippen LogP contribution in [-0.2, 0) is 12.5 Å². The number of methoxy groups -OCH3 is 1. The van der Waals surface area contributed by atoms with E-state index in [9.17, 15) is 22.0 Å². The van der Waals surface area contributed by atoms with Gasteiger partial charge in [-0.3, -0.25) is 0 Å². The summed E-state index contributed by atoms with van der Waals surface area (Å²) in [6.07, 6.45) is -3.87. The van der Waals surface area contributed by atoms with Gasteiger partial charge in [0.05, 0.1) is 7.11 Å². The molecule has 0 amide bonds. The summed E-state index contributed by atoms with van der Waals surface area (Å²) in [6, 6.07) is 12.6. The molecule has 3 rings (SSSR count). The predicted molar refractivity (Wildman–Crippen MR) is 100.0 cm³/mol. The van der Waals surface area contributed by atoms with E-state index in [1.54, 1.807) is 0 Å². The van der Waals surface area contributed by atoms with Gasteiger partial charge < -0.3 is 15.4 Å². The molecule has 0 bridgehead atoms. The van der Waals surface area contributed by atoms with Crippen LogP contribution in [0.2, 0.25) is 0 Å². The van der Waals surface area contributed by atoms with Gasteiger partial charge in [-0.25, -0.2) is 0 Å². The summed E-state index contributed by atoms with van der Waals surface area (Å²) in [5.74, 6) is -4.66. The van der Waals surface area contributed by atoms with Gasteiger partial charge in [-0.15, -0.1) is 0 Å². The van der Waals surface area contributed by atoms with Crippen LogP contribution in [0, 0.1) is 0 Å². The van der Waals surface area contributed by atoms with Crippen molar-refractivity contribution in [2.45, 2.75) is 43.6 Å². The molecule has 0 saturated carbocycles. The molecule has 8 heteroatoms. The van der Waals surface area contributed by atoms with E-state index < -0.39 is 17.7 Å².